The number of nitrogens with one attached hydrogen (secondary N) is 1. The molecule has 0 bridgehead atoms. The van der Waals surface area contributed by atoms with Crippen molar-refractivity contribution in [3.63, 3.8) is 0 Å². The van der Waals surface area contributed by atoms with Crippen molar-refractivity contribution in [2.75, 3.05) is 21.3 Å². The lowest BCUT2D eigenvalue weighted by Gasteiger charge is -2.14. The maximum atomic E-state index is 12.5. The minimum Gasteiger partial charge on any atom is -0.493 e. The molecule has 0 saturated carbocycles. The van der Waals surface area contributed by atoms with Crippen LogP contribution in [0.4, 0.5) is 0 Å². The number of carbonyl (C=O) groups is 1. The molecule has 29 heavy (non-hydrogen) atoms. The fourth-order valence-corrected chi connectivity index (χ4v) is 2.78. The highest BCUT2D eigenvalue weighted by molar-refractivity contribution is 5.85. The highest BCUT2D eigenvalue weighted by atomic mass is 16.5. The van der Waals surface area contributed by atoms with Crippen LogP contribution >= 0.6 is 0 Å². The predicted molar refractivity (Wildman–Crippen MR) is 109 cm³/mol. The number of amides is 1. The van der Waals surface area contributed by atoms with Crippen LogP contribution in [0.3, 0.4) is 0 Å². The topological polar surface area (TPSA) is 87.0 Å². The highest BCUT2D eigenvalue weighted by Crippen LogP contribution is 2.26. The van der Waals surface area contributed by atoms with E-state index in [4.69, 9.17) is 14.2 Å². The molecule has 2 aromatic carbocycles. The maximum Gasteiger partial charge on any atom is 0.273 e. The number of hydrogen-bond donors (Lipinski definition) is 1. The second-order valence-electron chi connectivity index (χ2n) is 6.01. The molecular weight excluding hydrogens is 372 g/mol. The summed E-state index contributed by atoms with van der Waals surface area (Å²) in [7, 11) is 4.60. The van der Waals surface area contributed by atoms with E-state index in [1.54, 1.807) is 43.3 Å². The number of benzene rings is 2. The zero-order chi connectivity index (χ0) is 20.6. The van der Waals surface area contributed by atoms with E-state index >= 15 is 0 Å². The van der Waals surface area contributed by atoms with Gasteiger partial charge in [0.25, 0.3) is 5.91 Å². The number of rotatable bonds is 8. The van der Waals surface area contributed by atoms with E-state index in [1.165, 1.54) is 13.3 Å². The summed E-state index contributed by atoms with van der Waals surface area (Å²) in [5, 5.41) is 8.19. The minimum atomic E-state index is -0.788. The summed E-state index contributed by atoms with van der Waals surface area (Å²) in [4.78, 5) is 12.5. The number of aromatic nitrogens is 2. The molecule has 0 aliphatic rings. The van der Waals surface area contributed by atoms with E-state index in [0.29, 0.717) is 17.1 Å². The van der Waals surface area contributed by atoms with Crippen LogP contribution in [0, 0.1) is 0 Å². The Bertz CT molecular complexity index is 969. The standard InChI is InChI=1S/C21H22N4O4/c1-27-18-10-5-15(13-19(18)28-2)14-22-24-21(26)20(29-3)16-6-8-17(9-7-16)25-12-4-11-23-25/h4-14,20H,1-3H3,(H,24,26). The second-order valence-corrected chi connectivity index (χ2v) is 6.01. The van der Waals surface area contributed by atoms with Gasteiger partial charge in [0, 0.05) is 19.5 Å². The van der Waals surface area contributed by atoms with E-state index < -0.39 is 6.10 Å². The number of hydrazone groups is 1. The van der Waals surface area contributed by atoms with Crippen LogP contribution in [0.2, 0.25) is 0 Å². The summed E-state index contributed by atoms with van der Waals surface area (Å²) in [6, 6.07) is 14.6. The lowest BCUT2D eigenvalue weighted by molar-refractivity contribution is -0.131. The largest absolute Gasteiger partial charge is 0.493 e. The van der Waals surface area contributed by atoms with Crippen LogP contribution in [0.5, 0.6) is 11.5 Å². The third-order valence-corrected chi connectivity index (χ3v) is 4.23. The lowest BCUT2D eigenvalue weighted by atomic mass is 10.1. The zero-order valence-corrected chi connectivity index (χ0v) is 16.4. The quantitative estimate of drug-likeness (QED) is 0.469. The molecule has 0 radical (unpaired) electrons. The maximum absolute atomic E-state index is 12.5. The first kappa shape index (κ1) is 20.1. The monoisotopic (exact) mass is 394 g/mol. The van der Waals surface area contributed by atoms with Gasteiger partial charge in [-0.15, -0.1) is 0 Å². The molecule has 1 heterocycles. The summed E-state index contributed by atoms with van der Waals surface area (Å²) < 4.78 is 17.5. The molecule has 0 saturated heterocycles. The summed E-state index contributed by atoms with van der Waals surface area (Å²) >= 11 is 0. The smallest absolute Gasteiger partial charge is 0.273 e. The average molecular weight is 394 g/mol. The van der Waals surface area contributed by atoms with Gasteiger partial charge in [-0.1, -0.05) is 12.1 Å². The summed E-state index contributed by atoms with van der Waals surface area (Å²) in [5.74, 6) is 0.817. The summed E-state index contributed by atoms with van der Waals surface area (Å²) in [6.45, 7) is 0. The van der Waals surface area contributed by atoms with Crippen molar-refractivity contribution < 1.29 is 19.0 Å². The Balaban J connectivity index is 1.66. The van der Waals surface area contributed by atoms with Gasteiger partial charge in [0.05, 0.1) is 26.1 Å². The van der Waals surface area contributed by atoms with Gasteiger partial charge in [-0.05, 0) is 47.5 Å². The molecule has 8 nitrogen and oxygen atoms in total. The van der Waals surface area contributed by atoms with E-state index in [-0.39, 0.29) is 5.91 Å². The van der Waals surface area contributed by atoms with Crippen LogP contribution < -0.4 is 14.9 Å². The molecule has 1 N–H and O–H groups in total. The van der Waals surface area contributed by atoms with Crippen molar-refractivity contribution in [1.82, 2.24) is 15.2 Å². The van der Waals surface area contributed by atoms with Crippen molar-refractivity contribution in [3.05, 3.63) is 72.1 Å². The number of hydrogen-bond acceptors (Lipinski definition) is 6. The Hall–Kier alpha value is -3.65. The van der Waals surface area contributed by atoms with Gasteiger partial charge in [-0.2, -0.15) is 10.2 Å². The summed E-state index contributed by atoms with van der Waals surface area (Å²) in [5.41, 5.74) is 4.85. The normalized spacial score (nSPS) is 12.0. The first-order valence-corrected chi connectivity index (χ1v) is 8.84. The van der Waals surface area contributed by atoms with Gasteiger partial charge in [-0.3, -0.25) is 4.79 Å². The van der Waals surface area contributed by atoms with E-state index in [2.05, 4.69) is 15.6 Å². The molecule has 1 aromatic heterocycles. The van der Waals surface area contributed by atoms with E-state index in [1.807, 2.05) is 36.5 Å². The van der Waals surface area contributed by atoms with Crippen LogP contribution in [0.25, 0.3) is 5.69 Å². The Labute approximate surface area is 168 Å². The Morgan fingerprint density at radius 2 is 1.86 bits per heavy atom. The lowest BCUT2D eigenvalue weighted by Crippen LogP contribution is -2.26. The van der Waals surface area contributed by atoms with Crippen molar-refractivity contribution in [2.45, 2.75) is 6.10 Å². The van der Waals surface area contributed by atoms with E-state index in [0.717, 1.165) is 11.3 Å². The fraction of sp³-hybridized carbons (Fsp3) is 0.190. The van der Waals surface area contributed by atoms with Gasteiger partial charge in [-0.25, -0.2) is 10.1 Å². The van der Waals surface area contributed by atoms with E-state index in [9.17, 15) is 4.79 Å². The average Bonchev–Trinajstić information content (AvgIpc) is 3.29. The minimum absolute atomic E-state index is 0.379. The highest BCUT2D eigenvalue weighted by Gasteiger charge is 2.19. The number of methoxy groups -OCH3 is 3. The zero-order valence-electron chi connectivity index (χ0n) is 16.4. The Morgan fingerprint density at radius 1 is 1.10 bits per heavy atom. The third-order valence-electron chi connectivity index (χ3n) is 4.23. The van der Waals surface area contributed by atoms with Crippen LogP contribution in [0.1, 0.15) is 17.2 Å². The van der Waals surface area contributed by atoms with Crippen LogP contribution in [-0.4, -0.2) is 43.2 Å². The molecule has 3 rings (SSSR count). The molecule has 3 aromatic rings. The molecule has 0 aliphatic heterocycles. The van der Waals surface area contributed by atoms with Gasteiger partial charge in [0.1, 0.15) is 0 Å². The van der Waals surface area contributed by atoms with Crippen molar-refractivity contribution >= 4 is 12.1 Å². The van der Waals surface area contributed by atoms with Crippen molar-refractivity contribution in [3.8, 4) is 17.2 Å². The van der Waals surface area contributed by atoms with Gasteiger partial charge in [0.2, 0.25) is 0 Å². The molecule has 1 amide bonds. The van der Waals surface area contributed by atoms with Gasteiger partial charge in [0.15, 0.2) is 17.6 Å². The Kier molecular flexibility index (Phi) is 6.59. The van der Waals surface area contributed by atoms with Gasteiger partial charge >= 0.3 is 0 Å². The molecule has 1 unspecified atom stereocenters. The molecule has 1 atom stereocenters. The fourth-order valence-electron chi connectivity index (χ4n) is 2.78. The molecule has 0 aliphatic carbocycles. The molecule has 0 fully saturated rings. The Morgan fingerprint density at radius 3 is 2.48 bits per heavy atom. The third kappa shape index (κ3) is 4.80. The number of nitrogens with zero attached hydrogens (tertiary/aromatic N) is 3. The first-order chi connectivity index (χ1) is 14.2. The van der Waals surface area contributed by atoms with Crippen molar-refractivity contribution in [1.29, 1.82) is 0 Å². The molecule has 8 heteroatoms. The number of carbonyl (C=O) groups excluding carboxylic acids is 1. The van der Waals surface area contributed by atoms with Crippen molar-refractivity contribution in [2.24, 2.45) is 5.10 Å². The molecular formula is C21H22N4O4. The SMILES string of the molecule is COc1ccc(C=NNC(=O)C(OC)c2ccc(-n3cccn3)cc2)cc1OC. The molecule has 150 valence electrons. The summed E-state index contributed by atoms with van der Waals surface area (Å²) in [6.07, 6.45) is 4.28. The number of ether oxygens (including phenoxy) is 3. The van der Waals surface area contributed by atoms with Crippen LogP contribution in [-0.2, 0) is 9.53 Å². The van der Waals surface area contributed by atoms with Gasteiger partial charge < -0.3 is 14.2 Å². The second kappa shape index (κ2) is 9.52. The molecule has 0 spiro atoms. The predicted octanol–water partition coefficient (Wildman–Crippen LogP) is 2.73. The van der Waals surface area contributed by atoms with Crippen LogP contribution in [0.15, 0.2) is 66.0 Å². The first-order valence-electron chi connectivity index (χ1n) is 8.84.